The first kappa shape index (κ1) is 15.5. The maximum atomic E-state index is 12.2. The van der Waals surface area contributed by atoms with Crippen LogP contribution in [0.5, 0.6) is 5.88 Å². The zero-order valence-corrected chi connectivity index (χ0v) is 13.2. The second kappa shape index (κ2) is 7.23. The van der Waals surface area contributed by atoms with E-state index in [0.717, 1.165) is 31.5 Å². The van der Waals surface area contributed by atoms with Crippen LogP contribution in [-0.2, 0) is 6.54 Å². The van der Waals surface area contributed by atoms with Gasteiger partial charge in [-0.15, -0.1) is 0 Å². The van der Waals surface area contributed by atoms with Gasteiger partial charge in [-0.05, 0) is 31.0 Å². The van der Waals surface area contributed by atoms with Gasteiger partial charge in [0.2, 0.25) is 5.88 Å². The molecule has 0 spiro atoms. The monoisotopic (exact) mass is 315 g/mol. The standard InChI is InChI=1S/C16H21N5O2/c1-23-15-5-4-12(9-18-15)10-19-16(22)14-6-8-21(20-14)13-3-2-7-17-11-13/h4-6,8-9,13,17H,2-3,7,10-11H2,1H3,(H,19,22). The Hall–Kier alpha value is -2.41. The molecule has 2 aromatic rings. The Morgan fingerprint density at radius 1 is 1.48 bits per heavy atom. The van der Waals surface area contributed by atoms with Gasteiger partial charge >= 0.3 is 0 Å². The molecule has 1 fully saturated rings. The minimum absolute atomic E-state index is 0.177. The summed E-state index contributed by atoms with van der Waals surface area (Å²) in [6, 6.07) is 5.73. The predicted octanol–water partition coefficient (Wildman–Crippen LogP) is 1.14. The molecule has 2 N–H and O–H groups in total. The Labute approximate surface area is 135 Å². The summed E-state index contributed by atoms with van der Waals surface area (Å²) >= 11 is 0. The largest absolute Gasteiger partial charge is 0.481 e. The zero-order chi connectivity index (χ0) is 16.1. The first-order valence-corrected chi connectivity index (χ1v) is 7.79. The van der Waals surface area contributed by atoms with Gasteiger partial charge in [0.05, 0.1) is 13.2 Å². The number of carbonyl (C=O) groups is 1. The summed E-state index contributed by atoms with van der Waals surface area (Å²) in [6.45, 7) is 2.37. The predicted molar refractivity (Wildman–Crippen MR) is 85.3 cm³/mol. The Morgan fingerprint density at radius 3 is 3.09 bits per heavy atom. The summed E-state index contributed by atoms with van der Waals surface area (Å²) in [6.07, 6.45) is 5.79. The van der Waals surface area contributed by atoms with Crippen molar-refractivity contribution in [1.29, 1.82) is 0 Å². The van der Waals surface area contributed by atoms with Crippen molar-refractivity contribution < 1.29 is 9.53 Å². The minimum atomic E-state index is -0.177. The summed E-state index contributed by atoms with van der Waals surface area (Å²) in [5.74, 6) is 0.378. The lowest BCUT2D eigenvalue weighted by Crippen LogP contribution is -2.32. The van der Waals surface area contributed by atoms with E-state index in [1.807, 2.05) is 16.9 Å². The molecule has 0 radical (unpaired) electrons. The number of rotatable bonds is 5. The highest BCUT2D eigenvalue weighted by molar-refractivity contribution is 5.92. The van der Waals surface area contributed by atoms with Crippen LogP contribution in [0.1, 0.15) is 34.9 Å². The van der Waals surface area contributed by atoms with Gasteiger partial charge in [-0.1, -0.05) is 6.07 Å². The SMILES string of the molecule is COc1ccc(CNC(=O)c2ccn(C3CCCNC3)n2)cn1. The van der Waals surface area contributed by atoms with E-state index in [2.05, 4.69) is 20.7 Å². The van der Waals surface area contributed by atoms with Crippen LogP contribution in [0, 0.1) is 0 Å². The molecule has 3 rings (SSSR count). The van der Waals surface area contributed by atoms with Crippen LogP contribution in [0.4, 0.5) is 0 Å². The van der Waals surface area contributed by atoms with Crippen LogP contribution < -0.4 is 15.4 Å². The molecule has 0 saturated carbocycles. The van der Waals surface area contributed by atoms with E-state index >= 15 is 0 Å². The number of hydrogen-bond donors (Lipinski definition) is 2. The smallest absolute Gasteiger partial charge is 0.272 e. The average molecular weight is 315 g/mol. The van der Waals surface area contributed by atoms with Gasteiger partial charge in [-0.3, -0.25) is 9.48 Å². The number of nitrogens with one attached hydrogen (secondary N) is 2. The molecular weight excluding hydrogens is 294 g/mol. The van der Waals surface area contributed by atoms with Gasteiger partial charge in [0, 0.05) is 31.5 Å². The first-order chi connectivity index (χ1) is 11.3. The fourth-order valence-electron chi connectivity index (χ4n) is 2.63. The van der Waals surface area contributed by atoms with Crippen LogP contribution in [-0.4, -0.2) is 40.9 Å². The van der Waals surface area contributed by atoms with Gasteiger partial charge < -0.3 is 15.4 Å². The van der Waals surface area contributed by atoms with E-state index in [1.54, 1.807) is 25.4 Å². The van der Waals surface area contributed by atoms with Gasteiger partial charge in [0.1, 0.15) is 5.69 Å². The molecule has 0 aliphatic carbocycles. The number of pyridine rings is 1. The van der Waals surface area contributed by atoms with E-state index < -0.39 is 0 Å². The van der Waals surface area contributed by atoms with E-state index in [1.165, 1.54) is 0 Å². The van der Waals surface area contributed by atoms with E-state index in [-0.39, 0.29) is 5.91 Å². The number of nitrogens with zero attached hydrogens (tertiary/aromatic N) is 3. The van der Waals surface area contributed by atoms with Crippen molar-refractivity contribution in [3.63, 3.8) is 0 Å². The minimum Gasteiger partial charge on any atom is -0.481 e. The summed E-state index contributed by atoms with van der Waals surface area (Å²) in [4.78, 5) is 16.3. The van der Waals surface area contributed by atoms with Gasteiger partial charge in [-0.25, -0.2) is 4.98 Å². The molecule has 2 aromatic heterocycles. The number of carbonyl (C=O) groups excluding carboxylic acids is 1. The van der Waals surface area contributed by atoms with Gasteiger partial charge in [0.25, 0.3) is 5.91 Å². The van der Waals surface area contributed by atoms with Crippen molar-refractivity contribution in [3.8, 4) is 5.88 Å². The molecule has 23 heavy (non-hydrogen) atoms. The molecule has 0 aromatic carbocycles. The Bertz CT molecular complexity index is 647. The molecule has 3 heterocycles. The molecule has 1 amide bonds. The van der Waals surface area contributed by atoms with Crippen molar-refractivity contribution in [2.24, 2.45) is 0 Å². The van der Waals surface area contributed by atoms with Crippen molar-refractivity contribution in [2.45, 2.75) is 25.4 Å². The number of hydrogen-bond acceptors (Lipinski definition) is 5. The quantitative estimate of drug-likeness (QED) is 0.865. The maximum Gasteiger partial charge on any atom is 0.272 e. The lowest BCUT2D eigenvalue weighted by molar-refractivity contribution is 0.0944. The maximum absolute atomic E-state index is 12.2. The molecule has 122 valence electrons. The second-order valence-corrected chi connectivity index (χ2v) is 5.57. The topological polar surface area (TPSA) is 81.1 Å². The number of methoxy groups -OCH3 is 1. The van der Waals surface area contributed by atoms with Crippen LogP contribution in [0.25, 0.3) is 0 Å². The number of ether oxygens (including phenoxy) is 1. The third kappa shape index (κ3) is 3.87. The Balaban J connectivity index is 1.56. The highest BCUT2D eigenvalue weighted by Crippen LogP contribution is 2.15. The Kier molecular flexibility index (Phi) is 4.87. The molecule has 7 nitrogen and oxygen atoms in total. The molecule has 1 unspecified atom stereocenters. The highest BCUT2D eigenvalue weighted by atomic mass is 16.5. The van der Waals surface area contributed by atoms with Crippen LogP contribution in [0.2, 0.25) is 0 Å². The zero-order valence-electron chi connectivity index (χ0n) is 13.2. The summed E-state index contributed by atoms with van der Waals surface area (Å²) < 4.78 is 6.89. The van der Waals surface area contributed by atoms with E-state index in [9.17, 15) is 4.79 Å². The summed E-state index contributed by atoms with van der Waals surface area (Å²) in [7, 11) is 1.57. The number of aromatic nitrogens is 3. The molecule has 0 bridgehead atoms. The molecule has 1 aliphatic rings. The fraction of sp³-hybridized carbons (Fsp3) is 0.438. The lowest BCUT2D eigenvalue weighted by Gasteiger charge is -2.22. The molecular formula is C16H21N5O2. The molecule has 1 saturated heterocycles. The Morgan fingerprint density at radius 2 is 2.39 bits per heavy atom. The normalized spacial score (nSPS) is 17.7. The highest BCUT2D eigenvalue weighted by Gasteiger charge is 2.17. The van der Waals surface area contributed by atoms with Crippen molar-refractivity contribution in [2.75, 3.05) is 20.2 Å². The molecule has 7 heteroatoms. The van der Waals surface area contributed by atoms with Crippen molar-refractivity contribution in [1.82, 2.24) is 25.4 Å². The second-order valence-electron chi connectivity index (χ2n) is 5.57. The average Bonchev–Trinajstić information content (AvgIpc) is 3.11. The fourth-order valence-corrected chi connectivity index (χ4v) is 2.63. The van der Waals surface area contributed by atoms with E-state index in [0.29, 0.717) is 24.2 Å². The molecule has 1 aliphatic heterocycles. The first-order valence-electron chi connectivity index (χ1n) is 7.79. The van der Waals surface area contributed by atoms with Crippen molar-refractivity contribution >= 4 is 5.91 Å². The van der Waals surface area contributed by atoms with Gasteiger partial charge in [-0.2, -0.15) is 5.10 Å². The van der Waals surface area contributed by atoms with E-state index in [4.69, 9.17) is 4.74 Å². The summed E-state index contributed by atoms with van der Waals surface area (Å²) in [5, 5.41) is 10.6. The van der Waals surface area contributed by atoms with Gasteiger partial charge in [0.15, 0.2) is 0 Å². The third-order valence-corrected chi connectivity index (χ3v) is 3.95. The van der Waals surface area contributed by atoms with Crippen LogP contribution in [0.15, 0.2) is 30.6 Å². The van der Waals surface area contributed by atoms with Crippen molar-refractivity contribution in [3.05, 3.63) is 41.9 Å². The van der Waals surface area contributed by atoms with Crippen LogP contribution in [0.3, 0.4) is 0 Å². The number of amides is 1. The molecule has 1 atom stereocenters. The third-order valence-electron chi connectivity index (χ3n) is 3.95. The lowest BCUT2D eigenvalue weighted by atomic mass is 10.1. The summed E-state index contributed by atoms with van der Waals surface area (Å²) in [5.41, 5.74) is 1.35. The number of piperidine rings is 1. The van der Waals surface area contributed by atoms with Crippen LogP contribution >= 0.6 is 0 Å².